The van der Waals surface area contributed by atoms with Gasteiger partial charge >= 0.3 is 5.97 Å². The Kier molecular flexibility index (Phi) is 9.88. The minimum Gasteiger partial charge on any atom is -0.480 e. The van der Waals surface area contributed by atoms with E-state index in [0.29, 0.717) is 5.92 Å². The molecule has 0 aromatic heterocycles. The Morgan fingerprint density at radius 2 is 1.58 bits per heavy atom. The molecule has 0 aliphatic rings. The zero-order valence-corrected chi connectivity index (χ0v) is 13.5. The average molecular weight is 295 g/mol. The van der Waals surface area contributed by atoms with Crippen LogP contribution >= 0.6 is 12.4 Å². The fourth-order valence-corrected chi connectivity index (χ4v) is 1.74. The molecule has 0 fully saturated rings. The maximum absolute atomic E-state index is 12.0. The number of aliphatic carboxylic acids is 1. The third-order valence-electron chi connectivity index (χ3n) is 3.27. The van der Waals surface area contributed by atoms with Crippen molar-refractivity contribution in [1.29, 1.82) is 0 Å². The van der Waals surface area contributed by atoms with Gasteiger partial charge in [-0.3, -0.25) is 14.5 Å². The van der Waals surface area contributed by atoms with E-state index in [1.54, 1.807) is 30.8 Å². The SMILES string of the molecule is CC(C)CC(C)N(C)C(=O)CN(C)C(C)C(=O)O.Cl. The highest BCUT2D eigenvalue weighted by Gasteiger charge is 2.22. The number of likely N-dealkylation sites (N-methyl/N-ethyl adjacent to an activating group) is 2. The summed E-state index contributed by atoms with van der Waals surface area (Å²) < 4.78 is 0. The summed E-state index contributed by atoms with van der Waals surface area (Å²) in [5, 5.41) is 8.87. The highest BCUT2D eigenvalue weighted by Crippen LogP contribution is 2.10. The van der Waals surface area contributed by atoms with Crippen LogP contribution < -0.4 is 0 Å². The highest BCUT2D eigenvalue weighted by atomic mass is 35.5. The molecule has 0 aliphatic carbocycles. The van der Waals surface area contributed by atoms with Gasteiger partial charge < -0.3 is 10.0 Å². The third-order valence-corrected chi connectivity index (χ3v) is 3.27. The second-order valence-electron chi connectivity index (χ2n) is 5.41. The molecule has 0 aromatic rings. The van der Waals surface area contributed by atoms with Crippen LogP contribution in [0, 0.1) is 5.92 Å². The van der Waals surface area contributed by atoms with Gasteiger partial charge in [-0.1, -0.05) is 13.8 Å². The van der Waals surface area contributed by atoms with Crippen LogP contribution in [-0.2, 0) is 9.59 Å². The van der Waals surface area contributed by atoms with Gasteiger partial charge in [0.1, 0.15) is 6.04 Å². The van der Waals surface area contributed by atoms with Gasteiger partial charge in [0.25, 0.3) is 0 Å². The Hall–Kier alpha value is -0.810. The molecule has 6 heteroatoms. The van der Waals surface area contributed by atoms with Crippen molar-refractivity contribution in [2.45, 2.75) is 46.2 Å². The minimum absolute atomic E-state index is 0. The van der Waals surface area contributed by atoms with E-state index in [1.165, 1.54) is 0 Å². The maximum atomic E-state index is 12.0. The molecule has 0 radical (unpaired) electrons. The van der Waals surface area contributed by atoms with Crippen LogP contribution in [-0.4, -0.2) is 59.5 Å². The lowest BCUT2D eigenvalue weighted by Gasteiger charge is -2.29. The van der Waals surface area contributed by atoms with E-state index in [4.69, 9.17) is 5.11 Å². The first-order valence-electron chi connectivity index (χ1n) is 6.35. The predicted molar refractivity (Wildman–Crippen MR) is 78.7 cm³/mol. The number of carbonyl (C=O) groups is 2. The van der Waals surface area contributed by atoms with Gasteiger partial charge in [-0.15, -0.1) is 12.4 Å². The van der Waals surface area contributed by atoms with Gasteiger partial charge in [0.15, 0.2) is 0 Å². The molecule has 0 saturated carbocycles. The van der Waals surface area contributed by atoms with Crippen molar-refractivity contribution in [3.63, 3.8) is 0 Å². The van der Waals surface area contributed by atoms with Crippen LogP contribution in [0.25, 0.3) is 0 Å². The Morgan fingerprint density at radius 1 is 1.11 bits per heavy atom. The van der Waals surface area contributed by atoms with Crippen LogP contribution in [0.2, 0.25) is 0 Å². The van der Waals surface area contributed by atoms with Crippen LogP contribution in [0.1, 0.15) is 34.1 Å². The van der Waals surface area contributed by atoms with Crippen molar-refractivity contribution in [3.05, 3.63) is 0 Å². The lowest BCUT2D eigenvalue weighted by Crippen LogP contribution is -2.45. The van der Waals surface area contributed by atoms with Crippen molar-refractivity contribution in [2.24, 2.45) is 5.92 Å². The van der Waals surface area contributed by atoms with Gasteiger partial charge in [0.05, 0.1) is 6.54 Å². The first-order chi connectivity index (χ1) is 8.16. The fraction of sp³-hybridized carbons (Fsp3) is 0.846. The highest BCUT2D eigenvalue weighted by molar-refractivity contribution is 5.85. The van der Waals surface area contributed by atoms with E-state index in [-0.39, 0.29) is 30.9 Å². The summed E-state index contributed by atoms with van der Waals surface area (Å²) in [6.45, 7) is 7.96. The molecule has 0 bridgehead atoms. The molecule has 19 heavy (non-hydrogen) atoms. The third kappa shape index (κ3) is 7.38. The summed E-state index contributed by atoms with van der Waals surface area (Å²) >= 11 is 0. The molecular formula is C13H27ClN2O3. The summed E-state index contributed by atoms with van der Waals surface area (Å²) in [7, 11) is 3.42. The normalized spacial score (nSPS) is 13.9. The van der Waals surface area contributed by atoms with Crippen molar-refractivity contribution in [2.75, 3.05) is 20.6 Å². The maximum Gasteiger partial charge on any atom is 0.320 e. The Bertz CT molecular complexity index is 298. The van der Waals surface area contributed by atoms with Crippen LogP contribution in [0.3, 0.4) is 0 Å². The number of nitrogens with zero attached hydrogens (tertiary/aromatic N) is 2. The number of carboxylic acids is 1. The molecule has 2 unspecified atom stereocenters. The quantitative estimate of drug-likeness (QED) is 0.776. The van der Waals surface area contributed by atoms with Crippen molar-refractivity contribution < 1.29 is 14.7 Å². The topological polar surface area (TPSA) is 60.9 Å². The van der Waals surface area contributed by atoms with E-state index in [0.717, 1.165) is 6.42 Å². The van der Waals surface area contributed by atoms with E-state index >= 15 is 0 Å². The molecule has 1 amide bonds. The van der Waals surface area contributed by atoms with Crippen molar-refractivity contribution in [1.82, 2.24) is 9.80 Å². The number of hydrogen-bond donors (Lipinski definition) is 1. The first kappa shape index (κ1) is 20.5. The molecule has 0 heterocycles. The Labute approximate surface area is 122 Å². The summed E-state index contributed by atoms with van der Waals surface area (Å²) in [6.07, 6.45) is 0.945. The molecular weight excluding hydrogens is 268 g/mol. The molecule has 0 spiro atoms. The average Bonchev–Trinajstić information content (AvgIpc) is 2.25. The number of carboxylic acid groups (broad SMARTS) is 1. The molecule has 0 rings (SSSR count). The van der Waals surface area contributed by atoms with Crippen LogP contribution in [0.5, 0.6) is 0 Å². The van der Waals surface area contributed by atoms with E-state index in [2.05, 4.69) is 13.8 Å². The fourth-order valence-electron chi connectivity index (χ4n) is 1.74. The molecule has 114 valence electrons. The molecule has 0 aromatic carbocycles. The standard InChI is InChI=1S/C13H26N2O3.ClH/c1-9(2)7-10(3)15(6)12(16)8-14(5)11(4)13(17)18;/h9-11H,7-8H2,1-6H3,(H,17,18);1H. The monoisotopic (exact) mass is 294 g/mol. The number of rotatable bonds is 7. The van der Waals surface area contributed by atoms with Crippen LogP contribution in [0.4, 0.5) is 0 Å². The molecule has 0 aliphatic heterocycles. The summed E-state index contributed by atoms with van der Waals surface area (Å²) in [4.78, 5) is 26.0. The van der Waals surface area contributed by atoms with Gasteiger partial charge in [-0.05, 0) is 33.2 Å². The molecule has 5 nitrogen and oxygen atoms in total. The van der Waals surface area contributed by atoms with Gasteiger partial charge in [0, 0.05) is 13.1 Å². The van der Waals surface area contributed by atoms with Gasteiger partial charge in [-0.25, -0.2) is 0 Å². The zero-order valence-electron chi connectivity index (χ0n) is 12.7. The minimum atomic E-state index is -0.914. The molecule has 0 saturated heterocycles. The lowest BCUT2D eigenvalue weighted by molar-refractivity contribution is -0.143. The van der Waals surface area contributed by atoms with Gasteiger partial charge in [-0.2, -0.15) is 0 Å². The number of carbonyl (C=O) groups excluding carboxylic acids is 1. The van der Waals surface area contributed by atoms with Gasteiger partial charge in [0.2, 0.25) is 5.91 Å². The molecule has 2 atom stereocenters. The summed E-state index contributed by atoms with van der Waals surface area (Å²) in [6, 6.07) is -0.478. The Balaban J connectivity index is 0. The lowest BCUT2D eigenvalue weighted by atomic mass is 10.0. The second-order valence-corrected chi connectivity index (χ2v) is 5.41. The Morgan fingerprint density at radius 3 is 1.95 bits per heavy atom. The van der Waals surface area contributed by atoms with E-state index < -0.39 is 12.0 Å². The largest absolute Gasteiger partial charge is 0.480 e. The van der Waals surface area contributed by atoms with E-state index in [1.807, 2.05) is 6.92 Å². The smallest absolute Gasteiger partial charge is 0.320 e. The first-order valence-corrected chi connectivity index (χ1v) is 6.35. The summed E-state index contributed by atoms with van der Waals surface area (Å²) in [5.41, 5.74) is 0. The predicted octanol–water partition coefficient (Wildman–Crippen LogP) is 1.71. The zero-order chi connectivity index (χ0) is 14.5. The summed E-state index contributed by atoms with van der Waals surface area (Å²) in [5.74, 6) is -0.423. The van der Waals surface area contributed by atoms with Crippen molar-refractivity contribution in [3.8, 4) is 0 Å². The number of hydrogen-bond acceptors (Lipinski definition) is 3. The van der Waals surface area contributed by atoms with Crippen molar-refractivity contribution >= 4 is 24.3 Å². The number of halogens is 1. The second kappa shape index (κ2) is 9.15. The van der Waals surface area contributed by atoms with Crippen LogP contribution in [0.15, 0.2) is 0 Å². The van der Waals surface area contributed by atoms with E-state index in [9.17, 15) is 9.59 Å². The molecule has 1 N–H and O–H groups in total. The number of amides is 1.